The predicted molar refractivity (Wildman–Crippen MR) is 54.3 cm³/mol. The molecule has 0 bridgehead atoms. The van der Waals surface area contributed by atoms with E-state index < -0.39 is 0 Å². The van der Waals surface area contributed by atoms with Crippen LogP contribution in [0.5, 0.6) is 0 Å². The van der Waals surface area contributed by atoms with E-state index in [1.54, 1.807) is 0 Å². The zero-order chi connectivity index (χ0) is 7.73. The maximum atomic E-state index is 3.72. The van der Waals surface area contributed by atoms with Crippen molar-refractivity contribution in [2.75, 3.05) is 17.3 Å². The van der Waals surface area contributed by atoms with E-state index in [4.69, 9.17) is 0 Å². The number of hydrogen-bond donors (Lipinski definition) is 1. The normalized spacial score (nSPS) is 36.3. The molecule has 11 heavy (non-hydrogen) atoms. The van der Waals surface area contributed by atoms with Crippen molar-refractivity contribution in [2.24, 2.45) is 0 Å². The lowest BCUT2D eigenvalue weighted by Crippen LogP contribution is -2.43. The molecule has 0 aromatic carbocycles. The molecule has 0 radical (unpaired) electrons. The largest absolute Gasteiger partial charge is 0.299 e. The molecule has 2 saturated heterocycles. The van der Waals surface area contributed by atoms with Crippen molar-refractivity contribution >= 4 is 23.5 Å². The molecule has 2 aliphatic rings. The summed E-state index contributed by atoms with van der Waals surface area (Å²) in [5, 5.41) is 3.72. The Morgan fingerprint density at radius 2 is 2.09 bits per heavy atom. The van der Waals surface area contributed by atoms with Gasteiger partial charge in [0.2, 0.25) is 0 Å². The lowest BCUT2D eigenvalue weighted by Gasteiger charge is -2.32. The summed E-state index contributed by atoms with van der Waals surface area (Å²) in [7, 11) is 0. The highest BCUT2D eigenvalue weighted by molar-refractivity contribution is 8.01. The zero-order valence-electron chi connectivity index (χ0n) is 6.93. The minimum absolute atomic E-state index is 0.491. The van der Waals surface area contributed by atoms with Crippen LogP contribution in [0.1, 0.15) is 19.8 Å². The molecule has 1 N–H and O–H groups in total. The highest BCUT2D eigenvalue weighted by Gasteiger charge is 2.38. The average molecular weight is 189 g/mol. The fourth-order valence-electron chi connectivity index (χ4n) is 1.81. The molecule has 0 aromatic heterocycles. The second-order valence-corrected chi connectivity index (χ2v) is 6.09. The van der Waals surface area contributed by atoms with Crippen molar-refractivity contribution < 1.29 is 0 Å². The van der Waals surface area contributed by atoms with Gasteiger partial charge in [0.25, 0.3) is 0 Å². The van der Waals surface area contributed by atoms with Crippen LogP contribution >= 0.6 is 23.5 Å². The van der Waals surface area contributed by atoms with Gasteiger partial charge in [-0.25, -0.2) is 0 Å². The molecule has 3 heteroatoms. The summed E-state index contributed by atoms with van der Waals surface area (Å²) >= 11 is 4.25. The molecular weight excluding hydrogens is 174 g/mol. The van der Waals surface area contributed by atoms with Gasteiger partial charge in [-0.1, -0.05) is 0 Å². The maximum absolute atomic E-state index is 3.72. The van der Waals surface area contributed by atoms with E-state index in [9.17, 15) is 0 Å². The van der Waals surface area contributed by atoms with Gasteiger partial charge < -0.3 is 0 Å². The Balaban J connectivity index is 1.98. The molecule has 2 fully saturated rings. The van der Waals surface area contributed by atoms with Crippen molar-refractivity contribution in [1.29, 1.82) is 0 Å². The third-order valence-electron chi connectivity index (χ3n) is 2.42. The van der Waals surface area contributed by atoms with Crippen LogP contribution in [-0.4, -0.2) is 28.2 Å². The van der Waals surface area contributed by atoms with Crippen LogP contribution in [0, 0.1) is 0 Å². The van der Waals surface area contributed by atoms with Crippen molar-refractivity contribution in [3.63, 3.8) is 0 Å². The maximum Gasteiger partial charge on any atom is 0.0663 e. The summed E-state index contributed by atoms with van der Waals surface area (Å²) in [6, 6.07) is 0.739. The van der Waals surface area contributed by atoms with Crippen molar-refractivity contribution in [1.82, 2.24) is 5.32 Å². The van der Waals surface area contributed by atoms with Crippen LogP contribution in [0.25, 0.3) is 0 Å². The fraction of sp³-hybridized carbons (Fsp3) is 1.00. The van der Waals surface area contributed by atoms with Gasteiger partial charge in [-0.3, -0.25) is 5.32 Å². The highest BCUT2D eigenvalue weighted by Crippen LogP contribution is 2.40. The molecule has 0 aliphatic carbocycles. The van der Waals surface area contributed by atoms with Gasteiger partial charge in [-0.05, 0) is 31.3 Å². The molecule has 1 nitrogen and oxygen atoms in total. The van der Waals surface area contributed by atoms with Crippen molar-refractivity contribution in [2.45, 2.75) is 30.7 Å². The molecule has 1 spiro atoms. The first kappa shape index (κ1) is 8.27. The lowest BCUT2D eigenvalue weighted by molar-refractivity contribution is 0.427. The van der Waals surface area contributed by atoms with E-state index in [0.29, 0.717) is 4.87 Å². The highest BCUT2D eigenvalue weighted by atomic mass is 32.2. The van der Waals surface area contributed by atoms with Crippen LogP contribution in [0.2, 0.25) is 0 Å². The first-order chi connectivity index (χ1) is 5.31. The molecule has 0 saturated carbocycles. The van der Waals surface area contributed by atoms with Gasteiger partial charge in [-0.2, -0.15) is 11.8 Å². The third-order valence-corrected chi connectivity index (χ3v) is 5.15. The smallest absolute Gasteiger partial charge is 0.0663 e. The van der Waals surface area contributed by atoms with Crippen LogP contribution in [-0.2, 0) is 0 Å². The number of rotatable bonds is 0. The summed E-state index contributed by atoms with van der Waals surface area (Å²) in [4.78, 5) is 0.491. The van der Waals surface area contributed by atoms with Gasteiger partial charge in [0.05, 0.1) is 4.87 Å². The molecular formula is C8H15NS2. The van der Waals surface area contributed by atoms with Gasteiger partial charge in [-0.15, -0.1) is 11.8 Å². The summed E-state index contributed by atoms with van der Waals surface area (Å²) < 4.78 is 0. The van der Waals surface area contributed by atoms with E-state index >= 15 is 0 Å². The molecule has 0 aromatic rings. The molecule has 2 rings (SSSR count). The molecule has 2 heterocycles. The molecule has 0 amide bonds. The zero-order valence-corrected chi connectivity index (χ0v) is 8.56. The lowest BCUT2D eigenvalue weighted by atomic mass is 10.1. The first-order valence-electron chi connectivity index (χ1n) is 4.30. The Morgan fingerprint density at radius 3 is 2.64 bits per heavy atom. The third kappa shape index (κ3) is 1.70. The van der Waals surface area contributed by atoms with Gasteiger partial charge in [0, 0.05) is 11.8 Å². The van der Waals surface area contributed by atoms with Crippen molar-refractivity contribution in [3.05, 3.63) is 0 Å². The predicted octanol–water partition coefficient (Wildman–Crippen LogP) is 1.93. The SMILES string of the molecule is CC1CSC2(CCSCC2)N1. The summed E-state index contributed by atoms with van der Waals surface area (Å²) in [6.07, 6.45) is 2.74. The molecule has 1 unspecified atom stereocenters. The Bertz CT molecular complexity index is 138. The van der Waals surface area contributed by atoms with E-state index in [-0.39, 0.29) is 0 Å². The molecule has 2 aliphatic heterocycles. The first-order valence-corrected chi connectivity index (χ1v) is 6.44. The van der Waals surface area contributed by atoms with Crippen LogP contribution < -0.4 is 5.32 Å². The summed E-state index contributed by atoms with van der Waals surface area (Å²) in [5.74, 6) is 4.02. The number of thioether (sulfide) groups is 2. The van der Waals surface area contributed by atoms with Gasteiger partial charge >= 0.3 is 0 Å². The van der Waals surface area contributed by atoms with E-state index in [1.807, 2.05) is 0 Å². The van der Waals surface area contributed by atoms with Gasteiger partial charge in [0.15, 0.2) is 0 Å². The Hall–Kier alpha value is 0.660. The second kappa shape index (κ2) is 3.19. The van der Waals surface area contributed by atoms with Gasteiger partial charge in [0.1, 0.15) is 0 Å². The summed E-state index contributed by atoms with van der Waals surface area (Å²) in [6.45, 7) is 2.30. The minimum atomic E-state index is 0.491. The number of nitrogens with one attached hydrogen (secondary N) is 1. The summed E-state index contributed by atoms with van der Waals surface area (Å²) in [5.41, 5.74) is 0. The second-order valence-electron chi connectivity index (χ2n) is 3.46. The Labute approximate surface area is 77.1 Å². The van der Waals surface area contributed by atoms with E-state index in [1.165, 1.54) is 30.1 Å². The standard InChI is InChI=1S/C8H15NS2/c1-7-6-11-8(9-7)2-4-10-5-3-8/h7,9H,2-6H2,1H3. The molecule has 64 valence electrons. The van der Waals surface area contributed by atoms with Crippen LogP contribution in [0.3, 0.4) is 0 Å². The number of hydrogen-bond acceptors (Lipinski definition) is 3. The average Bonchev–Trinajstić information content (AvgIpc) is 2.34. The molecule has 1 atom stereocenters. The Kier molecular flexibility index (Phi) is 2.40. The quantitative estimate of drug-likeness (QED) is 0.625. The van der Waals surface area contributed by atoms with Crippen LogP contribution in [0.4, 0.5) is 0 Å². The van der Waals surface area contributed by atoms with Crippen molar-refractivity contribution in [3.8, 4) is 0 Å². The van der Waals surface area contributed by atoms with Crippen LogP contribution in [0.15, 0.2) is 0 Å². The minimum Gasteiger partial charge on any atom is -0.299 e. The van der Waals surface area contributed by atoms with E-state index in [0.717, 1.165) is 6.04 Å². The van der Waals surface area contributed by atoms with E-state index in [2.05, 4.69) is 35.8 Å². The Morgan fingerprint density at radius 1 is 1.36 bits per heavy atom. The fourth-order valence-corrected chi connectivity index (χ4v) is 4.68. The topological polar surface area (TPSA) is 12.0 Å². The monoisotopic (exact) mass is 189 g/mol.